The maximum Gasteiger partial charge on any atom is 0.254 e. The predicted molar refractivity (Wildman–Crippen MR) is 82.5 cm³/mol. The lowest BCUT2D eigenvalue weighted by Gasteiger charge is -2.15. The standard InChI is InChI=1S/C17H21N3O/c21-17(19-15-8-4-1-2-5-9-15)14-12-18-20(13-14)16-10-6-3-7-11-16/h3,6-7,10-13,15H,1-2,4-5,8-9H2,(H,19,21). The van der Waals surface area contributed by atoms with Crippen LogP contribution in [0.4, 0.5) is 0 Å². The highest BCUT2D eigenvalue weighted by Gasteiger charge is 2.16. The molecule has 1 aromatic heterocycles. The van der Waals surface area contributed by atoms with Gasteiger partial charge in [-0.3, -0.25) is 4.79 Å². The van der Waals surface area contributed by atoms with Crippen LogP contribution in [0.2, 0.25) is 0 Å². The van der Waals surface area contributed by atoms with E-state index in [1.54, 1.807) is 17.1 Å². The number of nitrogens with zero attached hydrogens (tertiary/aromatic N) is 2. The van der Waals surface area contributed by atoms with Crippen molar-refractivity contribution in [2.45, 2.75) is 44.6 Å². The molecule has 0 unspecified atom stereocenters. The van der Waals surface area contributed by atoms with Gasteiger partial charge in [0, 0.05) is 12.2 Å². The fourth-order valence-corrected chi connectivity index (χ4v) is 2.85. The van der Waals surface area contributed by atoms with Crippen molar-refractivity contribution in [3.8, 4) is 5.69 Å². The van der Waals surface area contributed by atoms with E-state index in [-0.39, 0.29) is 5.91 Å². The summed E-state index contributed by atoms with van der Waals surface area (Å²) in [5, 5.41) is 7.42. The number of nitrogens with one attached hydrogen (secondary N) is 1. The number of amides is 1. The molecule has 0 aliphatic heterocycles. The molecule has 1 aliphatic carbocycles. The number of aromatic nitrogens is 2. The summed E-state index contributed by atoms with van der Waals surface area (Å²) in [6.07, 6.45) is 10.6. The summed E-state index contributed by atoms with van der Waals surface area (Å²) in [5.74, 6) is -0.0101. The fourth-order valence-electron chi connectivity index (χ4n) is 2.85. The first-order chi connectivity index (χ1) is 10.3. The van der Waals surface area contributed by atoms with E-state index in [1.165, 1.54) is 25.7 Å². The van der Waals surface area contributed by atoms with Crippen molar-refractivity contribution in [1.82, 2.24) is 15.1 Å². The molecule has 1 fully saturated rings. The van der Waals surface area contributed by atoms with Crippen molar-refractivity contribution >= 4 is 5.91 Å². The minimum Gasteiger partial charge on any atom is -0.349 e. The maximum absolute atomic E-state index is 12.3. The average Bonchev–Trinajstić information content (AvgIpc) is 2.88. The first-order valence-corrected chi connectivity index (χ1v) is 7.74. The highest BCUT2D eigenvalue weighted by atomic mass is 16.1. The van der Waals surface area contributed by atoms with Gasteiger partial charge in [0.15, 0.2) is 0 Å². The molecule has 0 atom stereocenters. The Kier molecular flexibility index (Phi) is 4.34. The zero-order valence-electron chi connectivity index (χ0n) is 12.2. The minimum atomic E-state index is -0.0101. The Bertz CT molecular complexity index is 583. The Morgan fingerprint density at radius 2 is 1.81 bits per heavy atom. The van der Waals surface area contributed by atoms with Gasteiger partial charge in [-0.05, 0) is 25.0 Å². The van der Waals surface area contributed by atoms with E-state index >= 15 is 0 Å². The van der Waals surface area contributed by atoms with E-state index in [0.717, 1.165) is 18.5 Å². The molecular formula is C17H21N3O. The highest BCUT2D eigenvalue weighted by Crippen LogP contribution is 2.17. The van der Waals surface area contributed by atoms with Crippen LogP contribution in [0.3, 0.4) is 0 Å². The molecule has 0 spiro atoms. The molecule has 1 amide bonds. The van der Waals surface area contributed by atoms with Crippen LogP contribution in [0, 0.1) is 0 Å². The molecule has 0 saturated heterocycles. The second kappa shape index (κ2) is 6.57. The third kappa shape index (κ3) is 3.51. The topological polar surface area (TPSA) is 46.9 Å². The third-order valence-corrected chi connectivity index (χ3v) is 4.06. The van der Waals surface area contributed by atoms with E-state index in [4.69, 9.17) is 0 Å². The number of rotatable bonds is 3. The molecule has 4 heteroatoms. The van der Waals surface area contributed by atoms with Gasteiger partial charge in [-0.1, -0.05) is 43.9 Å². The minimum absolute atomic E-state index is 0.0101. The van der Waals surface area contributed by atoms with Crippen LogP contribution in [-0.4, -0.2) is 21.7 Å². The van der Waals surface area contributed by atoms with Gasteiger partial charge >= 0.3 is 0 Å². The van der Waals surface area contributed by atoms with Crippen LogP contribution in [0.5, 0.6) is 0 Å². The van der Waals surface area contributed by atoms with Crippen LogP contribution in [0.25, 0.3) is 5.69 Å². The molecule has 1 aliphatic rings. The molecule has 1 aromatic carbocycles. The summed E-state index contributed by atoms with van der Waals surface area (Å²) in [7, 11) is 0. The number of benzene rings is 1. The Hall–Kier alpha value is -2.10. The second-order valence-electron chi connectivity index (χ2n) is 5.67. The van der Waals surface area contributed by atoms with Crippen molar-refractivity contribution in [2.24, 2.45) is 0 Å². The second-order valence-corrected chi connectivity index (χ2v) is 5.67. The normalized spacial score (nSPS) is 16.4. The van der Waals surface area contributed by atoms with Crippen molar-refractivity contribution in [1.29, 1.82) is 0 Å². The lowest BCUT2D eigenvalue weighted by molar-refractivity contribution is 0.0933. The third-order valence-electron chi connectivity index (χ3n) is 4.06. The number of para-hydroxylation sites is 1. The van der Waals surface area contributed by atoms with Crippen molar-refractivity contribution in [3.05, 3.63) is 48.3 Å². The fraction of sp³-hybridized carbons (Fsp3) is 0.412. The molecule has 1 heterocycles. The molecule has 2 aromatic rings. The van der Waals surface area contributed by atoms with Gasteiger partial charge in [0.2, 0.25) is 0 Å². The SMILES string of the molecule is O=C(NC1CCCCCC1)c1cnn(-c2ccccc2)c1. The molecular weight excluding hydrogens is 262 g/mol. The Balaban J connectivity index is 1.66. The Morgan fingerprint density at radius 3 is 2.52 bits per heavy atom. The smallest absolute Gasteiger partial charge is 0.254 e. The van der Waals surface area contributed by atoms with Gasteiger partial charge in [0.05, 0.1) is 17.4 Å². The zero-order chi connectivity index (χ0) is 14.5. The van der Waals surface area contributed by atoms with Gasteiger partial charge in [-0.15, -0.1) is 0 Å². The van der Waals surface area contributed by atoms with E-state index < -0.39 is 0 Å². The van der Waals surface area contributed by atoms with Gasteiger partial charge in [0.1, 0.15) is 0 Å². The lowest BCUT2D eigenvalue weighted by atomic mass is 10.1. The highest BCUT2D eigenvalue weighted by molar-refractivity contribution is 5.94. The number of hydrogen-bond donors (Lipinski definition) is 1. The Labute approximate surface area is 125 Å². The quantitative estimate of drug-likeness (QED) is 0.878. The summed E-state index contributed by atoms with van der Waals surface area (Å²) in [4.78, 5) is 12.3. The van der Waals surface area contributed by atoms with Crippen LogP contribution in [0.15, 0.2) is 42.7 Å². The van der Waals surface area contributed by atoms with Crippen LogP contribution in [-0.2, 0) is 0 Å². The molecule has 1 N–H and O–H groups in total. The first kappa shape index (κ1) is 13.9. The largest absolute Gasteiger partial charge is 0.349 e. The summed E-state index contributed by atoms with van der Waals surface area (Å²) >= 11 is 0. The van der Waals surface area contributed by atoms with Crippen LogP contribution < -0.4 is 5.32 Å². The van der Waals surface area contributed by atoms with Crippen LogP contribution >= 0.6 is 0 Å². The zero-order valence-corrected chi connectivity index (χ0v) is 12.2. The molecule has 0 bridgehead atoms. The summed E-state index contributed by atoms with van der Waals surface area (Å²) in [5.41, 5.74) is 1.59. The number of hydrogen-bond acceptors (Lipinski definition) is 2. The van der Waals surface area contributed by atoms with E-state index in [9.17, 15) is 4.79 Å². The summed E-state index contributed by atoms with van der Waals surface area (Å²) in [6.45, 7) is 0. The van der Waals surface area contributed by atoms with E-state index in [1.807, 2.05) is 30.3 Å². The van der Waals surface area contributed by atoms with Gasteiger partial charge in [-0.2, -0.15) is 5.10 Å². The number of carbonyl (C=O) groups is 1. The van der Waals surface area contributed by atoms with Crippen LogP contribution in [0.1, 0.15) is 48.9 Å². The molecule has 3 rings (SSSR count). The van der Waals surface area contributed by atoms with Crippen molar-refractivity contribution in [3.63, 3.8) is 0 Å². The molecule has 21 heavy (non-hydrogen) atoms. The summed E-state index contributed by atoms with van der Waals surface area (Å²) < 4.78 is 1.74. The van der Waals surface area contributed by atoms with E-state index in [2.05, 4.69) is 10.4 Å². The predicted octanol–water partition coefficient (Wildman–Crippen LogP) is 3.32. The molecule has 4 nitrogen and oxygen atoms in total. The lowest BCUT2D eigenvalue weighted by Crippen LogP contribution is -2.34. The van der Waals surface area contributed by atoms with E-state index in [0.29, 0.717) is 11.6 Å². The van der Waals surface area contributed by atoms with Gasteiger partial charge < -0.3 is 5.32 Å². The average molecular weight is 283 g/mol. The monoisotopic (exact) mass is 283 g/mol. The van der Waals surface area contributed by atoms with Gasteiger partial charge in [0.25, 0.3) is 5.91 Å². The molecule has 0 radical (unpaired) electrons. The molecule has 110 valence electrons. The number of carbonyl (C=O) groups excluding carboxylic acids is 1. The Morgan fingerprint density at radius 1 is 1.10 bits per heavy atom. The van der Waals surface area contributed by atoms with Gasteiger partial charge in [-0.25, -0.2) is 4.68 Å². The maximum atomic E-state index is 12.3. The summed E-state index contributed by atoms with van der Waals surface area (Å²) in [6, 6.07) is 10.2. The first-order valence-electron chi connectivity index (χ1n) is 7.74. The molecule has 1 saturated carbocycles. The van der Waals surface area contributed by atoms with Crippen molar-refractivity contribution < 1.29 is 4.79 Å². The van der Waals surface area contributed by atoms with Crippen molar-refractivity contribution in [2.75, 3.05) is 0 Å².